The van der Waals surface area contributed by atoms with Gasteiger partial charge in [-0.05, 0) is 0 Å². The molecule has 0 bridgehead atoms. The Kier molecular flexibility index (Phi) is 1.26. The predicted molar refractivity (Wildman–Crippen MR) is 38.9 cm³/mol. The molecule has 0 aliphatic carbocycles. The van der Waals surface area contributed by atoms with Crippen LogP contribution in [0.3, 0.4) is 0 Å². The molecule has 1 amide bonds. The Morgan fingerprint density at radius 3 is 2.83 bits per heavy atom. The van der Waals surface area contributed by atoms with E-state index in [2.05, 4.69) is 20.2 Å². The maximum Gasteiger partial charge on any atom is 0.335 e. The molecule has 0 saturated carbocycles. The van der Waals surface area contributed by atoms with E-state index in [1.807, 2.05) is 0 Å². The molecule has 0 aromatic rings. The SMILES string of the molecule is O=C1C=C2N=CN=C2N=NC1=O. The molecule has 0 unspecified atom stereocenters. The second-order valence-electron chi connectivity index (χ2n) is 2.10. The average Bonchev–Trinajstić information content (AvgIpc) is 2.43. The molecule has 0 radical (unpaired) electrons. The summed E-state index contributed by atoms with van der Waals surface area (Å²) < 4.78 is 0. The molecule has 0 aromatic carbocycles. The van der Waals surface area contributed by atoms with E-state index < -0.39 is 11.7 Å². The Bertz CT molecular complexity index is 388. The van der Waals surface area contributed by atoms with Crippen molar-refractivity contribution in [3.05, 3.63) is 11.8 Å². The largest absolute Gasteiger partial charge is 0.335 e. The Hall–Kier alpha value is -1.98. The Morgan fingerprint density at radius 2 is 2.00 bits per heavy atom. The normalized spacial score (nSPS) is 20.3. The number of hydrogen-bond donors (Lipinski definition) is 0. The second-order valence-corrected chi connectivity index (χ2v) is 2.10. The first kappa shape index (κ1) is 6.71. The Labute approximate surface area is 66.4 Å². The van der Waals surface area contributed by atoms with Gasteiger partial charge in [0.1, 0.15) is 12.0 Å². The Balaban J connectivity index is 2.53. The van der Waals surface area contributed by atoms with Crippen LogP contribution in [0.5, 0.6) is 0 Å². The first-order chi connectivity index (χ1) is 5.77. The van der Waals surface area contributed by atoms with E-state index in [0.717, 1.165) is 6.08 Å². The summed E-state index contributed by atoms with van der Waals surface area (Å²) in [6.45, 7) is 0. The summed E-state index contributed by atoms with van der Waals surface area (Å²) in [7, 11) is 0. The highest BCUT2D eigenvalue weighted by Crippen LogP contribution is 2.10. The van der Waals surface area contributed by atoms with Gasteiger partial charge in [-0.15, -0.1) is 10.2 Å². The molecule has 0 saturated heterocycles. The molecule has 58 valence electrons. The number of carbonyl (C=O) groups excluding carboxylic acids is 2. The van der Waals surface area contributed by atoms with E-state index in [0.29, 0.717) is 0 Å². The molecule has 0 fully saturated rings. The van der Waals surface area contributed by atoms with Gasteiger partial charge in [-0.2, -0.15) is 0 Å². The summed E-state index contributed by atoms with van der Waals surface area (Å²) in [5, 5.41) is 6.55. The Morgan fingerprint density at radius 1 is 1.17 bits per heavy atom. The monoisotopic (exact) mass is 162 g/mol. The van der Waals surface area contributed by atoms with Crippen molar-refractivity contribution in [3.8, 4) is 0 Å². The number of azo groups is 1. The molecule has 12 heavy (non-hydrogen) atoms. The lowest BCUT2D eigenvalue weighted by atomic mass is 10.3. The third-order valence-electron chi connectivity index (χ3n) is 1.32. The van der Waals surface area contributed by atoms with Gasteiger partial charge in [-0.25, -0.2) is 9.98 Å². The van der Waals surface area contributed by atoms with Crippen LogP contribution in [-0.2, 0) is 9.59 Å². The number of rotatable bonds is 0. The van der Waals surface area contributed by atoms with Gasteiger partial charge in [-0.1, -0.05) is 0 Å². The summed E-state index contributed by atoms with van der Waals surface area (Å²) in [6, 6.07) is 0. The molecule has 0 spiro atoms. The van der Waals surface area contributed by atoms with Gasteiger partial charge in [-0.3, -0.25) is 9.59 Å². The summed E-state index contributed by atoms with van der Waals surface area (Å²) in [5.41, 5.74) is 0.287. The lowest BCUT2D eigenvalue weighted by Gasteiger charge is -1.85. The number of carbonyl (C=O) groups is 2. The van der Waals surface area contributed by atoms with E-state index in [9.17, 15) is 9.59 Å². The van der Waals surface area contributed by atoms with Crippen molar-refractivity contribution in [1.82, 2.24) is 0 Å². The number of amides is 1. The summed E-state index contributed by atoms with van der Waals surface area (Å²) in [5.74, 6) is -1.41. The molecular formula is C6H2N4O2. The molecule has 2 rings (SSSR count). The smallest absolute Gasteiger partial charge is 0.284 e. The van der Waals surface area contributed by atoms with Crippen molar-refractivity contribution >= 4 is 23.9 Å². The van der Waals surface area contributed by atoms with Crippen molar-refractivity contribution in [3.63, 3.8) is 0 Å². The van der Waals surface area contributed by atoms with Crippen molar-refractivity contribution in [2.75, 3.05) is 0 Å². The second kappa shape index (κ2) is 2.26. The van der Waals surface area contributed by atoms with Gasteiger partial charge in [0.15, 0.2) is 0 Å². The molecular weight excluding hydrogens is 160 g/mol. The third kappa shape index (κ3) is 0.895. The lowest BCUT2D eigenvalue weighted by molar-refractivity contribution is -0.133. The minimum atomic E-state index is -0.894. The van der Waals surface area contributed by atoms with Crippen LogP contribution in [0.2, 0.25) is 0 Å². The zero-order valence-corrected chi connectivity index (χ0v) is 5.76. The third-order valence-corrected chi connectivity index (χ3v) is 1.32. The summed E-state index contributed by atoms with van der Waals surface area (Å²) in [6.07, 6.45) is 2.33. The molecule has 0 N–H and O–H groups in total. The van der Waals surface area contributed by atoms with Crippen molar-refractivity contribution < 1.29 is 9.59 Å². The van der Waals surface area contributed by atoms with Gasteiger partial charge < -0.3 is 0 Å². The molecule has 6 nitrogen and oxygen atoms in total. The maximum absolute atomic E-state index is 10.8. The zero-order valence-electron chi connectivity index (χ0n) is 5.76. The van der Waals surface area contributed by atoms with Crippen molar-refractivity contribution in [2.24, 2.45) is 20.2 Å². The predicted octanol–water partition coefficient (Wildman–Crippen LogP) is -0.128. The number of fused-ring (bicyclic) bond motifs is 1. The molecule has 2 heterocycles. The van der Waals surface area contributed by atoms with E-state index in [-0.39, 0.29) is 11.5 Å². The first-order valence-corrected chi connectivity index (χ1v) is 3.10. The van der Waals surface area contributed by atoms with Gasteiger partial charge in [0.2, 0.25) is 11.6 Å². The molecule has 0 atom stereocenters. The molecule has 2 aliphatic rings. The van der Waals surface area contributed by atoms with Crippen LogP contribution in [0.4, 0.5) is 0 Å². The van der Waals surface area contributed by atoms with E-state index in [1.54, 1.807) is 0 Å². The fourth-order valence-corrected chi connectivity index (χ4v) is 0.776. The highest BCUT2D eigenvalue weighted by atomic mass is 16.2. The van der Waals surface area contributed by atoms with Crippen LogP contribution in [-0.4, -0.2) is 23.9 Å². The zero-order chi connectivity index (χ0) is 8.55. The number of amidine groups is 1. The van der Waals surface area contributed by atoms with Crippen LogP contribution < -0.4 is 0 Å². The average molecular weight is 162 g/mol. The van der Waals surface area contributed by atoms with Gasteiger partial charge >= 0.3 is 5.91 Å². The van der Waals surface area contributed by atoms with E-state index in [1.165, 1.54) is 6.34 Å². The topological polar surface area (TPSA) is 83.6 Å². The number of hydrogen-bond acceptors (Lipinski definition) is 5. The summed E-state index contributed by atoms with van der Waals surface area (Å²) >= 11 is 0. The highest BCUT2D eigenvalue weighted by molar-refractivity contribution is 6.42. The van der Waals surface area contributed by atoms with Crippen LogP contribution in [0.1, 0.15) is 0 Å². The lowest BCUT2D eigenvalue weighted by Crippen LogP contribution is -2.05. The van der Waals surface area contributed by atoms with E-state index >= 15 is 0 Å². The van der Waals surface area contributed by atoms with Gasteiger partial charge in [0, 0.05) is 6.08 Å². The van der Waals surface area contributed by atoms with Crippen molar-refractivity contribution in [1.29, 1.82) is 0 Å². The van der Waals surface area contributed by atoms with Crippen LogP contribution in [0.25, 0.3) is 0 Å². The minimum Gasteiger partial charge on any atom is -0.284 e. The summed E-state index contributed by atoms with van der Waals surface area (Å²) in [4.78, 5) is 28.9. The minimum absolute atomic E-state index is 0.203. The van der Waals surface area contributed by atoms with Gasteiger partial charge in [0.05, 0.1) is 0 Å². The standard InChI is InChI=1S/C6H2N4O2/c11-4-1-3-5(8-2-7-3)9-10-6(4)12/h1-2H. The fourth-order valence-electron chi connectivity index (χ4n) is 0.776. The number of aliphatic imine (C=N–C) groups is 2. The molecule has 6 heteroatoms. The van der Waals surface area contributed by atoms with Crippen LogP contribution >= 0.6 is 0 Å². The van der Waals surface area contributed by atoms with Crippen LogP contribution in [0.15, 0.2) is 32.0 Å². The fraction of sp³-hybridized carbons (Fsp3) is 0. The quantitative estimate of drug-likeness (QED) is 0.465. The van der Waals surface area contributed by atoms with Crippen molar-refractivity contribution in [2.45, 2.75) is 0 Å². The first-order valence-electron chi connectivity index (χ1n) is 3.10. The maximum atomic E-state index is 10.8. The number of ketones is 1. The molecule has 2 aliphatic heterocycles. The van der Waals surface area contributed by atoms with Gasteiger partial charge in [0.25, 0.3) is 0 Å². The van der Waals surface area contributed by atoms with Crippen LogP contribution in [0, 0.1) is 0 Å². The highest BCUT2D eigenvalue weighted by Gasteiger charge is 2.20. The number of nitrogens with zero attached hydrogens (tertiary/aromatic N) is 4. The molecule has 0 aromatic heterocycles. The van der Waals surface area contributed by atoms with E-state index in [4.69, 9.17) is 0 Å².